The summed E-state index contributed by atoms with van der Waals surface area (Å²) in [6, 6.07) is 7.81. The second-order valence-electron chi connectivity index (χ2n) is 6.17. The summed E-state index contributed by atoms with van der Waals surface area (Å²) in [7, 11) is 0. The molecule has 1 aromatic carbocycles. The van der Waals surface area contributed by atoms with Gasteiger partial charge >= 0.3 is 0 Å². The van der Waals surface area contributed by atoms with E-state index >= 15 is 0 Å². The Labute approximate surface area is 123 Å². The molecule has 1 saturated carbocycles. The van der Waals surface area contributed by atoms with Gasteiger partial charge in [0.25, 0.3) is 0 Å². The Morgan fingerprint density at radius 1 is 1.15 bits per heavy atom. The van der Waals surface area contributed by atoms with Crippen molar-refractivity contribution in [1.82, 2.24) is 10.2 Å². The lowest BCUT2D eigenvalue weighted by Gasteiger charge is -2.37. The average Bonchev–Trinajstić information content (AvgIpc) is 3.30. The molecule has 0 unspecified atom stereocenters. The summed E-state index contributed by atoms with van der Waals surface area (Å²) in [5.74, 6) is 0. The van der Waals surface area contributed by atoms with E-state index in [9.17, 15) is 0 Å². The van der Waals surface area contributed by atoms with Crippen molar-refractivity contribution in [3.05, 3.63) is 29.3 Å². The van der Waals surface area contributed by atoms with Crippen LogP contribution in [0.4, 0.5) is 5.69 Å². The first kappa shape index (κ1) is 13.9. The van der Waals surface area contributed by atoms with E-state index in [0.717, 1.165) is 19.1 Å². The Morgan fingerprint density at radius 2 is 1.90 bits per heavy atom. The first-order valence-electron chi connectivity index (χ1n) is 8.07. The van der Waals surface area contributed by atoms with E-state index < -0.39 is 0 Å². The number of benzene rings is 1. The Kier molecular flexibility index (Phi) is 4.27. The smallest absolute Gasteiger partial charge is 0.0412 e. The first-order valence-corrected chi connectivity index (χ1v) is 8.07. The van der Waals surface area contributed by atoms with Gasteiger partial charge in [0, 0.05) is 44.5 Å². The molecule has 1 aromatic rings. The molecule has 0 amide bonds. The predicted octanol–water partition coefficient (Wildman–Crippen LogP) is 2.39. The molecular weight excluding hydrogens is 246 g/mol. The minimum absolute atomic E-state index is 0.913. The molecular formula is C17H27N3. The zero-order chi connectivity index (χ0) is 13.9. The third-order valence-electron chi connectivity index (χ3n) is 4.52. The standard InChI is InChI=1S/C17H27N3/c1-3-18-13-15-12-14(2)4-7-17(15)20-10-8-19(9-11-20)16-5-6-16/h4,7,12,16,18H,3,5-6,8-11,13H2,1-2H3. The molecule has 1 aliphatic carbocycles. The van der Waals surface area contributed by atoms with E-state index in [1.807, 2.05) is 0 Å². The molecule has 0 bridgehead atoms. The van der Waals surface area contributed by atoms with E-state index in [1.165, 1.54) is 55.8 Å². The maximum atomic E-state index is 3.47. The summed E-state index contributed by atoms with van der Waals surface area (Å²) >= 11 is 0. The van der Waals surface area contributed by atoms with Gasteiger partial charge in [-0.15, -0.1) is 0 Å². The van der Waals surface area contributed by atoms with Gasteiger partial charge in [-0.3, -0.25) is 4.90 Å². The van der Waals surface area contributed by atoms with Crippen molar-refractivity contribution in [3.63, 3.8) is 0 Å². The fourth-order valence-corrected chi connectivity index (χ4v) is 3.19. The summed E-state index contributed by atoms with van der Waals surface area (Å²) in [6.07, 6.45) is 2.85. The Hall–Kier alpha value is -1.06. The van der Waals surface area contributed by atoms with E-state index in [-0.39, 0.29) is 0 Å². The van der Waals surface area contributed by atoms with Crippen LogP contribution >= 0.6 is 0 Å². The second-order valence-corrected chi connectivity index (χ2v) is 6.17. The molecule has 1 saturated heterocycles. The molecule has 1 aliphatic heterocycles. The highest BCUT2D eigenvalue weighted by atomic mass is 15.3. The quantitative estimate of drug-likeness (QED) is 0.888. The van der Waals surface area contributed by atoms with Gasteiger partial charge in [0.05, 0.1) is 0 Å². The van der Waals surface area contributed by atoms with Crippen molar-refractivity contribution < 1.29 is 0 Å². The summed E-state index contributed by atoms with van der Waals surface area (Å²) in [6.45, 7) is 11.2. The molecule has 1 N–H and O–H groups in total. The van der Waals surface area contributed by atoms with Crippen LogP contribution in [0.2, 0.25) is 0 Å². The zero-order valence-corrected chi connectivity index (χ0v) is 12.9. The summed E-state index contributed by atoms with van der Waals surface area (Å²) < 4.78 is 0. The van der Waals surface area contributed by atoms with Gasteiger partial charge in [-0.25, -0.2) is 0 Å². The number of aryl methyl sites for hydroxylation is 1. The van der Waals surface area contributed by atoms with Crippen LogP contribution in [-0.4, -0.2) is 43.7 Å². The van der Waals surface area contributed by atoms with Gasteiger partial charge in [-0.1, -0.05) is 24.6 Å². The van der Waals surface area contributed by atoms with Crippen LogP contribution in [0.5, 0.6) is 0 Å². The first-order chi connectivity index (χ1) is 9.78. The molecule has 3 rings (SSSR count). The Bertz CT molecular complexity index is 446. The highest BCUT2D eigenvalue weighted by Crippen LogP contribution is 2.29. The maximum absolute atomic E-state index is 3.47. The molecule has 2 fully saturated rings. The largest absolute Gasteiger partial charge is 0.369 e. The number of piperazine rings is 1. The third-order valence-corrected chi connectivity index (χ3v) is 4.52. The van der Waals surface area contributed by atoms with E-state index in [0.29, 0.717) is 0 Å². The Morgan fingerprint density at radius 3 is 2.55 bits per heavy atom. The zero-order valence-electron chi connectivity index (χ0n) is 12.9. The van der Waals surface area contributed by atoms with Crippen LogP contribution in [-0.2, 0) is 6.54 Å². The van der Waals surface area contributed by atoms with Crippen molar-refractivity contribution >= 4 is 5.69 Å². The fourth-order valence-electron chi connectivity index (χ4n) is 3.19. The third kappa shape index (κ3) is 3.15. The minimum atomic E-state index is 0.913. The van der Waals surface area contributed by atoms with Crippen LogP contribution in [0, 0.1) is 6.92 Å². The summed E-state index contributed by atoms with van der Waals surface area (Å²) in [4.78, 5) is 5.25. The molecule has 2 aliphatic rings. The number of rotatable bonds is 5. The number of nitrogens with one attached hydrogen (secondary N) is 1. The van der Waals surface area contributed by atoms with Crippen molar-refractivity contribution in [1.29, 1.82) is 0 Å². The van der Waals surface area contributed by atoms with Crippen LogP contribution in [0.25, 0.3) is 0 Å². The number of hydrogen-bond acceptors (Lipinski definition) is 3. The summed E-state index contributed by atoms with van der Waals surface area (Å²) in [5, 5.41) is 3.47. The van der Waals surface area contributed by atoms with Gasteiger partial charge in [0.15, 0.2) is 0 Å². The van der Waals surface area contributed by atoms with Gasteiger partial charge in [-0.2, -0.15) is 0 Å². The lowest BCUT2D eigenvalue weighted by Crippen LogP contribution is -2.47. The molecule has 0 radical (unpaired) electrons. The van der Waals surface area contributed by atoms with Crippen molar-refractivity contribution in [2.45, 2.75) is 39.3 Å². The number of nitrogens with zero attached hydrogens (tertiary/aromatic N) is 2. The molecule has 1 heterocycles. The normalized spacial score (nSPS) is 20.4. The molecule has 0 aromatic heterocycles. The lowest BCUT2D eigenvalue weighted by molar-refractivity contribution is 0.248. The summed E-state index contributed by atoms with van der Waals surface area (Å²) in [5.41, 5.74) is 4.25. The maximum Gasteiger partial charge on any atom is 0.0412 e. The fraction of sp³-hybridized carbons (Fsp3) is 0.647. The van der Waals surface area contributed by atoms with Crippen LogP contribution in [0.3, 0.4) is 0 Å². The monoisotopic (exact) mass is 273 g/mol. The van der Waals surface area contributed by atoms with Crippen LogP contribution in [0.15, 0.2) is 18.2 Å². The minimum Gasteiger partial charge on any atom is -0.369 e. The Balaban J connectivity index is 1.69. The van der Waals surface area contributed by atoms with Crippen molar-refractivity contribution in [2.24, 2.45) is 0 Å². The second kappa shape index (κ2) is 6.15. The van der Waals surface area contributed by atoms with Gasteiger partial charge in [-0.05, 0) is 37.9 Å². The molecule has 110 valence electrons. The van der Waals surface area contributed by atoms with E-state index in [1.54, 1.807) is 0 Å². The molecule has 0 spiro atoms. The topological polar surface area (TPSA) is 18.5 Å². The SMILES string of the molecule is CCNCc1cc(C)ccc1N1CCN(C2CC2)CC1. The number of anilines is 1. The highest BCUT2D eigenvalue weighted by molar-refractivity contribution is 5.55. The molecule has 0 atom stereocenters. The van der Waals surface area contributed by atoms with Crippen molar-refractivity contribution in [3.8, 4) is 0 Å². The molecule has 3 nitrogen and oxygen atoms in total. The number of hydrogen-bond donors (Lipinski definition) is 1. The molecule has 3 heteroatoms. The van der Waals surface area contributed by atoms with Gasteiger partial charge in [0.1, 0.15) is 0 Å². The molecule has 20 heavy (non-hydrogen) atoms. The van der Waals surface area contributed by atoms with Crippen molar-refractivity contribution in [2.75, 3.05) is 37.6 Å². The van der Waals surface area contributed by atoms with Crippen LogP contribution < -0.4 is 10.2 Å². The highest BCUT2D eigenvalue weighted by Gasteiger charge is 2.31. The predicted molar refractivity (Wildman–Crippen MR) is 85.4 cm³/mol. The van der Waals surface area contributed by atoms with E-state index in [2.05, 4.69) is 47.2 Å². The van der Waals surface area contributed by atoms with Gasteiger partial charge < -0.3 is 10.2 Å². The average molecular weight is 273 g/mol. The van der Waals surface area contributed by atoms with Crippen LogP contribution in [0.1, 0.15) is 30.9 Å². The van der Waals surface area contributed by atoms with E-state index in [4.69, 9.17) is 0 Å². The lowest BCUT2D eigenvalue weighted by atomic mass is 10.1. The van der Waals surface area contributed by atoms with Gasteiger partial charge in [0.2, 0.25) is 0 Å².